The topological polar surface area (TPSA) is 44.5 Å². The van der Waals surface area contributed by atoms with Crippen LogP contribution >= 0.6 is 15.9 Å². The van der Waals surface area contributed by atoms with Crippen molar-refractivity contribution in [2.45, 2.75) is 30.9 Å². The molecule has 0 amide bonds. The van der Waals surface area contributed by atoms with Gasteiger partial charge in [-0.15, -0.1) is 0 Å². The van der Waals surface area contributed by atoms with Gasteiger partial charge < -0.3 is 15.2 Å². The summed E-state index contributed by atoms with van der Waals surface area (Å²) in [5, 5.41) is 0. The first-order valence-corrected chi connectivity index (χ1v) is 6.80. The minimum absolute atomic E-state index is 0.0642. The highest BCUT2D eigenvalue weighted by Gasteiger charge is 2.41. The second-order valence-electron chi connectivity index (χ2n) is 4.89. The molecule has 0 unspecified atom stereocenters. The number of fused-ring (bicyclic) bond motifs is 1. The Bertz CT molecular complexity index is 429. The lowest BCUT2D eigenvalue weighted by atomic mass is 9.82. The molecule has 0 bridgehead atoms. The Balaban J connectivity index is 1.94. The molecule has 3 nitrogen and oxygen atoms in total. The van der Waals surface area contributed by atoms with E-state index in [0.717, 1.165) is 48.3 Å². The summed E-state index contributed by atoms with van der Waals surface area (Å²) in [6.45, 7) is 1.55. The number of halogens is 1. The summed E-state index contributed by atoms with van der Waals surface area (Å²) in [6.07, 6.45) is 2.77. The van der Waals surface area contributed by atoms with Crippen molar-refractivity contribution in [2.24, 2.45) is 5.73 Å². The second kappa shape index (κ2) is 4.26. The summed E-state index contributed by atoms with van der Waals surface area (Å²) in [7, 11) is 0. The molecule has 1 spiro atoms. The van der Waals surface area contributed by atoms with Gasteiger partial charge in [-0.1, -0.05) is 15.9 Å². The number of hydrogen-bond donors (Lipinski definition) is 1. The van der Waals surface area contributed by atoms with Crippen LogP contribution in [0.25, 0.3) is 0 Å². The van der Waals surface area contributed by atoms with E-state index in [2.05, 4.69) is 22.0 Å². The maximum Gasteiger partial charge on any atom is 0.124 e. The van der Waals surface area contributed by atoms with Crippen molar-refractivity contribution in [3.05, 3.63) is 28.2 Å². The lowest BCUT2D eigenvalue weighted by molar-refractivity contribution is -0.0621. The predicted molar refractivity (Wildman–Crippen MR) is 69.1 cm³/mol. The lowest BCUT2D eigenvalue weighted by Crippen LogP contribution is -2.47. The largest absolute Gasteiger partial charge is 0.487 e. The van der Waals surface area contributed by atoms with Gasteiger partial charge in [0.2, 0.25) is 0 Å². The fourth-order valence-corrected chi connectivity index (χ4v) is 3.12. The van der Waals surface area contributed by atoms with Gasteiger partial charge in [0.05, 0.1) is 13.2 Å². The van der Waals surface area contributed by atoms with Gasteiger partial charge in [0, 0.05) is 35.3 Å². The predicted octanol–water partition coefficient (Wildman–Crippen LogP) is 2.78. The van der Waals surface area contributed by atoms with Crippen LogP contribution in [0.4, 0.5) is 0 Å². The highest BCUT2D eigenvalue weighted by molar-refractivity contribution is 9.10. The fraction of sp³-hybridized carbons (Fsp3) is 0.538. The summed E-state index contributed by atoms with van der Waals surface area (Å²) < 4.78 is 12.7. The molecule has 0 radical (unpaired) electrons. The highest BCUT2D eigenvalue weighted by atomic mass is 79.9. The number of rotatable bonds is 0. The first-order chi connectivity index (χ1) is 8.19. The minimum atomic E-state index is -0.0987. The molecule has 0 aliphatic carbocycles. The monoisotopic (exact) mass is 297 g/mol. The van der Waals surface area contributed by atoms with Gasteiger partial charge in [0.1, 0.15) is 11.4 Å². The molecule has 1 atom stereocenters. The van der Waals surface area contributed by atoms with Crippen LogP contribution in [-0.4, -0.2) is 18.8 Å². The number of nitrogens with two attached hydrogens (primary N) is 1. The van der Waals surface area contributed by atoms with Crippen LogP contribution in [0.5, 0.6) is 5.75 Å². The molecule has 2 aliphatic heterocycles. The fourth-order valence-electron chi connectivity index (χ4n) is 2.74. The molecule has 2 N–H and O–H groups in total. The molecule has 17 heavy (non-hydrogen) atoms. The van der Waals surface area contributed by atoms with E-state index in [0.29, 0.717) is 0 Å². The van der Waals surface area contributed by atoms with Crippen molar-refractivity contribution in [2.75, 3.05) is 13.2 Å². The van der Waals surface area contributed by atoms with Gasteiger partial charge in [-0.2, -0.15) is 0 Å². The summed E-state index contributed by atoms with van der Waals surface area (Å²) in [4.78, 5) is 0. The van der Waals surface area contributed by atoms with Crippen molar-refractivity contribution in [1.82, 2.24) is 0 Å². The van der Waals surface area contributed by atoms with Crippen LogP contribution in [0, 0.1) is 0 Å². The first kappa shape index (κ1) is 11.5. The molecule has 2 aliphatic rings. The average Bonchev–Trinajstić information content (AvgIpc) is 2.31. The quantitative estimate of drug-likeness (QED) is 0.801. The third-order valence-corrected chi connectivity index (χ3v) is 4.19. The standard InChI is InChI=1S/C13H16BrNO2/c14-9-1-2-12-10(7-9)11(15)8-13(17-12)3-5-16-6-4-13/h1-2,7,11H,3-6,8,15H2/t11-/m1/s1. The molecular formula is C13H16BrNO2. The molecule has 0 aromatic heterocycles. The average molecular weight is 298 g/mol. The van der Waals surface area contributed by atoms with E-state index in [9.17, 15) is 0 Å². The van der Waals surface area contributed by atoms with Crippen LogP contribution in [0.15, 0.2) is 22.7 Å². The summed E-state index contributed by atoms with van der Waals surface area (Å²) in [5.74, 6) is 0.939. The van der Waals surface area contributed by atoms with Crippen LogP contribution in [0.2, 0.25) is 0 Å². The molecule has 1 aromatic carbocycles. The molecule has 1 fully saturated rings. The smallest absolute Gasteiger partial charge is 0.124 e. The third kappa shape index (κ3) is 2.09. The Hall–Kier alpha value is -0.580. The Kier molecular flexibility index (Phi) is 2.89. The first-order valence-electron chi connectivity index (χ1n) is 6.00. The number of benzene rings is 1. The van der Waals surface area contributed by atoms with E-state index in [1.54, 1.807) is 0 Å². The van der Waals surface area contributed by atoms with E-state index < -0.39 is 0 Å². The molecule has 3 rings (SSSR count). The Morgan fingerprint density at radius 3 is 2.82 bits per heavy atom. The Morgan fingerprint density at radius 2 is 2.06 bits per heavy atom. The van der Waals surface area contributed by atoms with Gasteiger partial charge in [-0.25, -0.2) is 0 Å². The summed E-state index contributed by atoms with van der Waals surface area (Å²) >= 11 is 3.47. The van der Waals surface area contributed by atoms with E-state index >= 15 is 0 Å². The van der Waals surface area contributed by atoms with Crippen LogP contribution in [0.3, 0.4) is 0 Å². The third-order valence-electron chi connectivity index (χ3n) is 3.69. The molecule has 4 heteroatoms. The van der Waals surface area contributed by atoms with Crippen molar-refractivity contribution in [3.8, 4) is 5.75 Å². The summed E-state index contributed by atoms with van der Waals surface area (Å²) in [5.41, 5.74) is 7.29. The Labute approximate surface area is 109 Å². The summed E-state index contributed by atoms with van der Waals surface area (Å²) in [6, 6.07) is 6.14. The normalized spacial score (nSPS) is 26.4. The Morgan fingerprint density at radius 1 is 1.29 bits per heavy atom. The number of hydrogen-bond acceptors (Lipinski definition) is 3. The van der Waals surface area contributed by atoms with Gasteiger partial charge >= 0.3 is 0 Å². The minimum Gasteiger partial charge on any atom is -0.487 e. The van der Waals surface area contributed by atoms with Gasteiger partial charge in [0.15, 0.2) is 0 Å². The van der Waals surface area contributed by atoms with E-state index in [-0.39, 0.29) is 11.6 Å². The van der Waals surface area contributed by atoms with Crippen molar-refractivity contribution >= 4 is 15.9 Å². The lowest BCUT2D eigenvalue weighted by Gasteiger charge is -2.43. The van der Waals surface area contributed by atoms with Gasteiger partial charge in [-0.3, -0.25) is 0 Å². The van der Waals surface area contributed by atoms with E-state index in [1.807, 2.05) is 12.1 Å². The van der Waals surface area contributed by atoms with Crippen molar-refractivity contribution < 1.29 is 9.47 Å². The maximum atomic E-state index is 6.28. The van der Waals surface area contributed by atoms with Gasteiger partial charge in [0.25, 0.3) is 0 Å². The van der Waals surface area contributed by atoms with E-state index in [1.165, 1.54) is 0 Å². The molecule has 0 saturated carbocycles. The SMILES string of the molecule is N[C@@H]1CC2(CCOCC2)Oc2ccc(Br)cc21. The molecular weight excluding hydrogens is 282 g/mol. The second-order valence-corrected chi connectivity index (χ2v) is 5.81. The number of ether oxygens (including phenoxy) is 2. The molecule has 1 aromatic rings. The maximum absolute atomic E-state index is 6.28. The highest BCUT2D eigenvalue weighted by Crippen LogP contribution is 2.43. The van der Waals surface area contributed by atoms with Crippen molar-refractivity contribution in [3.63, 3.8) is 0 Å². The van der Waals surface area contributed by atoms with Crippen molar-refractivity contribution in [1.29, 1.82) is 0 Å². The zero-order valence-corrected chi connectivity index (χ0v) is 11.2. The zero-order chi connectivity index (χ0) is 11.9. The van der Waals surface area contributed by atoms with Gasteiger partial charge in [-0.05, 0) is 18.2 Å². The molecule has 2 heterocycles. The van der Waals surface area contributed by atoms with Crippen LogP contribution < -0.4 is 10.5 Å². The molecule has 92 valence electrons. The van der Waals surface area contributed by atoms with E-state index in [4.69, 9.17) is 15.2 Å². The van der Waals surface area contributed by atoms with Crippen LogP contribution in [0.1, 0.15) is 30.9 Å². The van der Waals surface area contributed by atoms with Crippen LogP contribution in [-0.2, 0) is 4.74 Å². The zero-order valence-electron chi connectivity index (χ0n) is 9.62. The molecule has 1 saturated heterocycles.